The van der Waals surface area contributed by atoms with Gasteiger partial charge in [-0.3, -0.25) is 9.69 Å². The highest BCUT2D eigenvalue weighted by Crippen LogP contribution is 2.49. The van der Waals surface area contributed by atoms with Gasteiger partial charge in [0, 0.05) is 20.6 Å². The number of fused-ring (bicyclic) bond motifs is 1. The van der Waals surface area contributed by atoms with Crippen molar-refractivity contribution in [1.29, 1.82) is 0 Å². The summed E-state index contributed by atoms with van der Waals surface area (Å²) in [5.74, 6) is 0.113. The van der Waals surface area contributed by atoms with Crippen LogP contribution in [0.25, 0.3) is 0 Å². The van der Waals surface area contributed by atoms with Crippen LogP contribution in [0.5, 0.6) is 5.75 Å². The number of aromatic hydroxyl groups is 1. The molecule has 3 aromatic rings. The summed E-state index contributed by atoms with van der Waals surface area (Å²) >= 11 is 5.04. The third-order valence-electron chi connectivity index (χ3n) is 4.38. The van der Waals surface area contributed by atoms with Gasteiger partial charge in [-0.25, -0.2) is 0 Å². The van der Waals surface area contributed by atoms with E-state index in [0.717, 1.165) is 20.6 Å². The number of phenols is 1. The summed E-state index contributed by atoms with van der Waals surface area (Å²) < 4.78 is 0.862. The Morgan fingerprint density at radius 2 is 1.77 bits per heavy atom. The highest BCUT2D eigenvalue weighted by atomic mass is 79.9. The van der Waals surface area contributed by atoms with Crippen LogP contribution < -0.4 is 4.90 Å². The molecular formula is C21H16BrNO2S. The number of halogens is 1. The quantitative estimate of drug-likeness (QED) is 0.554. The molecule has 0 bridgehead atoms. The van der Waals surface area contributed by atoms with Gasteiger partial charge < -0.3 is 5.11 Å². The Morgan fingerprint density at radius 3 is 2.54 bits per heavy atom. The van der Waals surface area contributed by atoms with E-state index in [9.17, 15) is 9.90 Å². The predicted molar refractivity (Wildman–Crippen MR) is 109 cm³/mol. The molecular weight excluding hydrogens is 410 g/mol. The SMILES string of the molecule is Cc1ccc(N2C(=O)c3ccccc3SC2c2cc(Br)ccc2O)cc1. The van der Waals surface area contributed by atoms with E-state index in [4.69, 9.17) is 0 Å². The smallest absolute Gasteiger partial charge is 0.260 e. The number of anilines is 1. The second kappa shape index (κ2) is 6.82. The van der Waals surface area contributed by atoms with E-state index in [0.29, 0.717) is 11.1 Å². The second-order valence-electron chi connectivity index (χ2n) is 6.18. The van der Waals surface area contributed by atoms with Gasteiger partial charge >= 0.3 is 0 Å². The molecule has 1 unspecified atom stereocenters. The molecule has 3 aromatic carbocycles. The fourth-order valence-corrected chi connectivity index (χ4v) is 4.74. The molecule has 0 saturated carbocycles. The van der Waals surface area contributed by atoms with Gasteiger partial charge in [-0.15, -0.1) is 0 Å². The van der Waals surface area contributed by atoms with Crippen LogP contribution in [0.1, 0.15) is 26.9 Å². The lowest BCUT2D eigenvalue weighted by Gasteiger charge is -2.36. The molecule has 1 aliphatic rings. The molecule has 130 valence electrons. The number of amides is 1. The summed E-state index contributed by atoms with van der Waals surface area (Å²) in [6, 6.07) is 20.8. The number of rotatable bonds is 2. The third kappa shape index (κ3) is 3.02. The Balaban J connectivity index is 1.90. The van der Waals surface area contributed by atoms with E-state index < -0.39 is 0 Å². The molecule has 1 aliphatic heterocycles. The summed E-state index contributed by atoms with van der Waals surface area (Å²) in [6.07, 6.45) is 0. The van der Waals surface area contributed by atoms with E-state index in [1.807, 2.05) is 61.5 Å². The first-order chi connectivity index (χ1) is 12.5. The lowest BCUT2D eigenvalue weighted by molar-refractivity contribution is 0.0979. The molecule has 1 heterocycles. The van der Waals surface area contributed by atoms with Gasteiger partial charge in [0.15, 0.2) is 0 Å². The molecule has 5 heteroatoms. The van der Waals surface area contributed by atoms with Crippen molar-refractivity contribution in [2.24, 2.45) is 0 Å². The largest absolute Gasteiger partial charge is 0.508 e. The minimum absolute atomic E-state index is 0.0624. The van der Waals surface area contributed by atoms with Crippen LogP contribution in [-0.2, 0) is 0 Å². The maximum Gasteiger partial charge on any atom is 0.260 e. The lowest BCUT2D eigenvalue weighted by atomic mass is 10.1. The zero-order valence-electron chi connectivity index (χ0n) is 14.0. The van der Waals surface area contributed by atoms with Crippen LogP contribution in [0.2, 0.25) is 0 Å². The third-order valence-corrected chi connectivity index (χ3v) is 6.17. The molecule has 1 N–H and O–H groups in total. The fourth-order valence-electron chi connectivity index (χ4n) is 3.04. The Kier molecular flexibility index (Phi) is 4.51. The minimum atomic E-state index is -0.349. The molecule has 0 radical (unpaired) electrons. The van der Waals surface area contributed by atoms with E-state index in [1.165, 1.54) is 0 Å². The first kappa shape index (κ1) is 17.2. The molecule has 0 saturated heterocycles. The zero-order chi connectivity index (χ0) is 18.3. The average Bonchev–Trinajstić information content (AvgIpc) is 2.65. The Labute approximate surface area is 164 Å². The Morgan fingerprint density at radius 1 is 1.04 bits per heavy atom. The van der Waals surface area contributed by atoms with Crippen molar-refractivity contribution >= 4 is 39.3 Å². The van der Waals surface area contributed by atoms with Gasteiger partial charge in [-0.05, 0) is 49.4 Å². The van der Waals surface area contributed by atoms with Gasteiger partial charge in [0.2, 0.25) is 0 Å². The molecule has 3 nitrogen and oxygen atoms in total. The van der Waals surface area contributed by atoms with Gasteiger partial charge in [0.25, 0.3) is 5.91 Å². The van der Waals surface area contributed by atoms with Crippen molar-refractivity contribution in [2.75, 3.05) is 4.90 Å². The number of hydrogen-bond acceptors (Lipinski definition) is 3. The molecule has 1 atom stereocenters. The number of benzene rings is 3. The second-order valence-corrected chi connectivity index (χ2v) is 8.22. The topological polar surface area (TPSA) is 40.5 Å². The van der Waals surface area contributed by atoms with Crippen molar-refractivity contribution in [3.8, 4) is 5.75 Å². The number of carbonyl (C=O) groups is 1. The molecule has 26 heavy (non-hydrogen) atoms. The van der Waals surface area contributed by atoms with E-state index in [-0.39, 0.29) is 17.0 Å². The first-order valence-electron chi connectivity index (χ1n) is 8.19. The average molecular weight is 426 g/mol. The first-order valence-corrected chi connectivity index (χ1v) is 9.86. The van der Waals surface area contributed by atoms with Crippen molar-refractivity contribution in [3.63, 3.8) is 0 Å². The Bertz CT molecular complexity index is 988. The minimum Gasteiger partial charge on any atom is -0.508 e. The fraction of sp³-hybridized carbons (Fsp3) is 0.0952. The standard InChI is InChI=1S/C21H16BrNO2S/c1-13-6-9-15(10-7-13)23-20(25)16-4-2-3-5-19(16)26-21(23)17-12-14(22)8-11-18(17)24/h2-12,21,24H,1H3. The maximum absolute atomic E-state index is 13.3. The van der Waals surface area contributed by atoms with Gasteiger partial charge in [0.1, 0.15) is 11.1 Å². The summed E-state index contributed by atoms with van der Waals surface area (Å²) in [4.78, 5) is 16.0. The van der Waals surface area contributed by atoms with Crippen LogP contribution >= 0.6 is 27.7 Å². The van der Waals surface area contributed by atoms with Crippen LogP contribution in [0.3, 0.4) is 0 Å². The normalized spacial score (nSPS) is 16.5. The monoisotopic (exact) mass is 425 g/mol. The summed E-state index contributed by atoms with van der Waals surface area (Å²) in [5.41, 5.74) is 3.33. The molecule has 0 aromatic heterocycles. The van der Waals surface area contributed by atoms with Crippen molar-refractivity contribution < 1.29 is 9.90 Å². The summed E-state index contributed by atoms with van der Waals surface area (Å²) in [5, 5.41) is 10.1. The highest BCUT2D eigenvalue weighted by molar-refractivity contribution is 9.10. The number of carbonyl (C=O) groups excluding carboxylic acids is 1. The van der Waals surface area contributed by atoms with E-state index >= 15 is 0 Å². The Hall–Kier alpha value is -2.24. The number of phenolic OH excluding ortho intramolecular Hbond substituents is 1. The van der Waals surface area contributed by atoms with Crippen molar-refractivity contribution in [1.82, 2.24) is 0 Å². The van der Waals surface area contributed by atoms with E-state index in [2.05, 4.69) is 15.9 Å². The predicted octanol–water partition coefficient (Wildman–Crippen LogP) is 5.91. The zero-order valence-corrected chi connectivity index (χ0v) is 16.4. The van der Waals surface area contributed by atoms with Crippen LogP contribution in [-0.4, -0.2) is 11.0 Å². The van der Waals surface area contributed by atoms with Gasteiger partial charge in [-0.2, -0.15) is 0 Å². The molecule has 0 aliphatic carbocycles. The molecule has 0 spiro atoms. The molecule has 1 amide bonds. The highest BCUT2D eigenvalue weighted by Gasteiger charge is 2.36. The van der Waals surface area contributed by atoms with Crippen molar-refractivity contribution in [2.45, 2.75) is 17.2 Å². The van der Waals surface area contributed by atoms with Gasteiger partial charge in [-0.1, -0.05) is 57.5 Å². The summed E-state index contributed by atoms with van der Waals surface area (Å²) in [6.45, 7) is 2.02. The molecule has 4 rings (SSSR count). The summed E-state index contributed by atoms with van der Waals surface area (Å²) in [7, 11) is 0. The number of nitrogens with zero attached hydrogens (tertiary/aromatic N) is 1. The van der Waals surface area contributed by atoms with Gasteiger partial charge in [0.05, 0.1) is 5.56 Å². The maximum atomic E-state index is 13.3. The van der Waals surface area contributed by atoms with E-state index in [1.54, 1.807) is 28.8 Å². The number of thioether (sulfide) groups is 1. The number of hydrogen-bond donors (Lipinski definition) is 1. The molecule has 0 fully saturated rings. The van der Waals surface area contributed by atoms with Crippen LogP contribution in [0.4, 0.5) is 5.69 Å². The lowest BCUT2D eigenvalue weighted by Crippen LogP contribution is -2.36. The van der Waals surface area contributed by atoms with Crippen molar-refractivity contribution in [3.05, 3.63) is 87.9 Å². The van der Waals surface area contributed by atoms with Crippen LogP contribution in [0.15, 0.2) is 76.1 Å². The van der Waals surface area contributed by atoms with Crippen LogP contribution in [0, 0.1) is 6.92 Å². The number of aryl methyl sites for hydroxylation is 1.